The Balaban J connectivity index is 1.42. The first kappa shape index (κ1) is 15.4. The van der Waals surface area contributed by atoms with E-state index in [2.05, 4.69) is 28.3 Å². The highest BCUT2D eigenvalue weighted by molar-refractivity contribution is 5.79. The number of amides is 1. The fraction of sp³-hybridized carbons (Fsp3) is 0.526. The molecule has 0 saturated carbocycles. The summed E-state index contributed by atoms with van der Waals surface area (Å²) in [5.74, 6) is 0.232. The average Bonchev–Trinajstić information content (AvgIpc) is 3.16. The molecule has 1 aliphatic carbocycles. The molecule has 1 unspecified atom stereocenters. The van der Waals surface area contributed by atoms with E-state index in [0.717, 1.165) is 37.9 Å². The maximum absolute atomic E-state index is 12.7. The summed E-state index contributed by atoms with van der Waals surface area (Å²) in [6.45, 7) is 1.60. The van der Waals surface area contributed by atoms with Crippen LogP contribution in [0.2, 0.25) is 0 Å². The summed E-state index contributed by atoms with van der Waals surface area (Å²) in [6, 6.07) is 6.88. The summed E-state index contributed by atoms with van der Waals surface area (Å²) in [6.07, 6.45) is 10.8. The number of carbonyl (C=O) groups excluding carboxylic acids is 1. The van der Waals surface area contributed by atoms with Crippen LogP contribution in [0.15, 0.2) is 30.9 Å². The minimum absolute atomic E-state index is 0.232. The Bertz CT molecular complexity index is 710. The molecule has 2 heterocycles. The van der Waals surface area contributed by atoms with Gasteiger partial charge >= 0.3 is 0 Å². The highest BCUT2D eigenvalue weighted by Gasteiger charge is 2.25. The minimum Gasteiger partial charge on any atom is -0.340 e. The molecule has 0 spiro atoms. The second-order valence-electron chi connectivity index (χ2n) is 7.00. The van der Waals surface area contributed by atoms with Crippen LogP contribution in [0.1, 0.15) is 48.4 Å². The van der Waals surface area contributed by atoms with Gasteiger partial charge in [0.15, 0.2) is 0 Å². The molecule has 1 amide bonds. The molecule has 5 heteroatoms. The van der Waals surface area contributed by atoms with Crippen LogP contribution in [0.3, 0.4) is 0 Å². The third-order valence-electron chi connectivity index (χ3n) is 5.33. The lowest BCUT2D eigenvalue weighted by Crippen LogP contribution is -2.41. The summed E-state index contributed by atoms with van der Waals surface area (Å²) in [7, 11) is 0. The SMILES string of the molecule is O=C(Cc1ccc2c(c1)CCCC2)N1CCCC(n2cncn2)C1. The van der Waals surface area contributed by atoms with Crippen LogP contribution in [-0.2, 0) is 24.1 Å². The first-order valence-corrected chi connectivity index (χ1v) is 9.02. The minimum atomic E-state index is 0.232. The van der Waals surface area contributed by atoms with Crippen molar-refractivity contribution in [1.29, 1.82) is 0 Å². The fourth-order valence-corrected chi connectivity index (χ4v) is 3.99. The Hall–Kier alpha value is -2.17. The van der Waals surface area contributed by atoms with Gasteiger partial charge in [0.1, 0.15) is 12.7 Å². The van der Waals surface area contributed by atoms with Gasteiger partial charge in [-0.1, -0.05) is 18.2 Å². The monoisotopic (exact) mass is 324 g/mol. The molecule has 2 aliphatic rings. The molecule has 5 nitrogen and oxygen atoms in total. The quantitative estimate of drug-likeness (QED) is 0.872. The summed E-state index contributed by atoms with van der Waals surface area (Å²) in [4.78, 5) is 18.8. The number of aromatic nitrogens is 3. The molecule has 1 saturated heterocycles. The first-order chi connectivity index (χ1) is 11.8. The van der Waals surface area contributed by atoms with Crippen molar-refractivity contribution in [2.24, 2.45) is 0 Å². The van der Waals surface area contributed by atoms with Crippen molar-refractivity contribution in [2.75, 3.05) is 13.1 Å². The van der Waals surface area contributed by atoms with Crippen molar-refractivity contribution in [1.82, 2.24) is 19.7 Å². The van der Waals surface area contributed by atoms with Crippen molar-refractivity contribution in [3.8, 4) is 0 Å². The molecule has 126 valence electrons. The molecular weight excluding hydrogens is 300 g/mol. The molecule has 24 heavy (non-hydrogen) atoms. The number of hydrogen-bond acceptors (Lipinski definition) is 3. The topological polar surface area (TPSA) is 51.0 Å². The third kappa shape index (κ3) is 3.21. The van der Waals surface area contributed by atoms with Gasteiger partial charge in [0, 0.05) is 13.1 Å². The average molecular weight is 324 g/mol. The number of nitrogens with zero attached hydrogens (tertiary/aromatic N) is 4. The van der Waals surface area contributed by atoms with Crippen LogP contribution >= 0.6 is 0 Å². The Morgan fingerprint density at radius 3 is 2.88 bits per heavy atom. The largest absolute Gasteiger partial charge is 0.340 e. The molecule has 1 aromatic carbocycles. The van der Waals surface area contributed by atoms with E-state index < -0.39 is 0 Å². The van der Waals surface area contributed by atoms with E-state index >= 15 is 0 Å². The van der Waals surface area contributed by atoms with Crippen LogP contribution in [0.4, 0.5) is 0 Å². The molecule has 4 rings (SSSR count). The number of benzene rings is 1. The summed E-state index contributed by atoms with van der Waals surface area (Å²) in [5, 5.41) is 4.23. The van der Waals surface area contributed by atoms with E-state index in [9.17, 15) is 4.79 Å². The van der Waals surface area contributed by atoms with Gasteiger partial charge in [-0.05, 0) is 55.2 Å². The Labute approximate surface area is 142 Å². The van der Waals surface area contributed by atoms with Crippen LogP contribution in [0.5, 0.6) is 0 Å². The van der Waals surface area contributed by atoms with Gasteiger partial charge in [0.2, 0.25) is 5.91 Å². The van der Waals surface area contributed by atoms with Crippen molar-refractivity contribution >= 4 is 5.91 Å². The van der Waals surface area contributed by atoms with E-state index in [1.54, 1.807) is 12.7 Å². The fourth-order valence-electron chi connectivity index (χ4n) is 3.99. The van der Waals surface area contributed by atoms with Crippen LogP contribution in [0.25, 0.3) is 0 Å². The molecule has 1 fully saturated rings. The zero-order valence-corrected chi connectivity index (χ0v) is 14.0. The summed E-state index contributed by atoms with van der Waals surface area (Å²) in [5.41, 5.74) is 4.08. The number of likely N-dealkylation sites (tertiary alicyclic amines) is 1. The maximum Gasteiger partial charge on any atom is 0.227 e. The molecule has 2 aromatic rings. The molecule has 0 bridgehead atoms. The molecule has 1 aliphatic heterocycles. The standard InChI is InChI=1S/C19H24N4O/c24-19(11-15-7-8-16-4-1-2-5-17(16)10-15)22-9-3-6-18(12-22)23-14-20-13-21-23/h7-8,10,13-14,18H,1-6,9,11-12H2. The van der Waals surface area contributed by atoms with E-state index in [1.165, 1.54) is 30.4 Å². The predicted molar refractivity (Wildman–Crippen MR) is 91.7 cm³/mol. The van der Waals surface area contributed by atoms with Crippen LogP contribution < -0.4 is 0 Å². The Kier molecular flexibility index (Phi) is 4.32. The van der Waals surface area contributed by atoms with E-state index in [1.807, 2.05) is 9.58 Å². The van der Waals surface area contributed by atoms with E-state index in [4.69, 9.17) is 0 Å². The number of carbonyl (C=O) groups is 1. The summed E-state index contributed by atoms with van der Waals surface area (Å²) >= 11 is 0. The van der Waals surface area contributed by atoms with E-state index in [0.29, 0.717) is 6.42 Å². The smallest absolute Gasteiger partial charge is 0.227 e. The van der Waals surface area contributed by atoms with E-state index in [-0.39, 0.29) is 11.9 Å². The first-order valence-electron chi connectivity index (χ1n) is 9.02. The highest BCUT2D eigenvalue weighted by atomic mass is 16.2. The second kappa shape index (κ2) is 6.75. The third-order valence-corrected chi connectivity index (χ3v) is 5.33. The number of piperidine rings is 1. The van der Waals surface area contributed by atoms with Crippen molar-refractivity contribution in [3.63, 3.8) is 0 Å². The number of fused-ring (bicyclic) bond motifs is 1. The van der Waals surface area contributed by atoms with Crippen molar-refractivity contribution < 1.29 is 4.79 Å². The lowest BCUT2D eigenvalue weighted by Gasteiger charge is -2.32. The number of aryl methyl sites for hydroxylation is 2. The van der Waals surface area contributed by atoms with Gasteiger partial charge in [0.05, 0.1) is 12.5 Å². The van der Waals surface area contributed by atoms with Crippen molar-refractivity contribution in [2.45, 2.75) is 51.0 Å². The normalized spacial score (nSPS) is 20.7. The van der Waals surface area contributed by atoms with Crippen LogP contribution in [0, 0.1) is 0 Å². The van der Waals surface area contributed by atoms with Gasteiger partial charge in [0.25, 0.3) is 0 Å². The molecule has 0 N–H and O–H groups in total. The van der Waals surface area contributed by atoms with Gasteiger partial charge < -0.3 is 4.90 Å². The zero-order valence-electron chi connectivity index (χ0n) is 14.0. The number of rotatable bonds is 3. The van der Waals surface area contributed by atoms with Gasteiger partial charge in [-0.3, -0.25) is 4.79 Å². The molecule has 1 atom stereocenters. The molecular formula is C19H24N4O. The molecule has 0 radical (unpaired) electrons. The predicted octanol–water partition coefficient (Wildman–Crippen LogP) is 2.56. The number of hydrogen-bond donors (Lipinski definition) is 0. The summed E-state index contributed by atoms with van der Waals surface area (Å²) < 4.78 is 1.89. The maximum atomic E-state index is 12.7. The zero-order chi connectivity index (χ0) is 16.4. The Morgan fingerprint density at radius 2 is 2.04 bits per heavy atom. The lowest BCUT2D eigenvalue weighted by molar-refractivity contribution is -0.132. The van der Waals surface area contributed by atoms with Crippen LogP contribution in [-0.4, -0.2) is 38.7 Å². The Morgan fingerprint density at radius 1 is 1.17 bits per heavy atom. The van der Waals surface area contributed by atoms with Crippen molar-refractivity contribution in [3.05, 3.63) is 47.5 Å². The van der Waals surface area contributed by atoms with Gasteiger partial charge in [-0.25, -0.2) is 9.67 Å². The highest BCUT2D eigenvalue weighted by Crippen LogP contribution is 2.24. The molecule has 1 aromatic heterocycles. The second-order valence-corrected chi connectivity index (χ2v) is 7.00. The van der Waals surface area contributed by atoms with Gasteiger partial charge in [-0.15, -0.1) is 0 Å². The lowest BCUT2D eigenvalue weighted by atomic mass is 9.90. The van der Waals surface area contributed by atoms with Gasteiger partial charge in [-0.2, -0.15) is 5.10 Å².